The van der Waals surface area contributed by atoms with Crippen LogP contribution < -0.4 is 0 Å². The maximum absolute atomic E-state index is 12.5. The Hall–Kier alpha value is -0.920. The molecule has 1 aromatic rings. The van der Waals surface area contributed by atoms with Crippen LogP contribution in [0.25, 0.3) is 0 Å². The van der Waals surface area contributed by atoms with Crippen molar-refractivity contribution in [1.29, 1.82) is 0 Å². The fourth-order valence-corrected chi connectivity index (χ4v) is 4.98. The molecule has 2 aliphatic rings. The van der Waals surface area contributed by atoms with Crippen molar-refractivity contribution in [3.05, 3.63) is 12.5 Å². The highest BCUT2D eigenvalue weighted by molar-refractivity contribution is 7.89. The number of aromatic nitrogens is 2. The average Bonchev–Trinajstić information content (AvgIpc) is 2.83. The van der Waals surface area contributed by atoms with Crippen molar-refractivity contribution in [2.24, 2.45) is 12.5 Å². The van der Waals surface area contributed by atoms with Gasteiger partial charge in [0.2, 0.25) is 0 Å². The molecule has 118 valence electrons. The van der Waals surface area contributed by atoms with Gasteiger partial charge in [0.15, 0.2) is 5.03 Å². The maximum Gasteiger partial charge on any atom is 0.262 e. The minimum atomic E-state index is -3.41. The van der Waals surface area contributed by atoms with Crippen LogP contribution in [0.3, 0.4) is 0 Å². The van der Waals surface area contributed by atoms with Gasteiger partial charge in [0.05, 0.1) is 6.33 Å². The Morgan fingerprint density at radius 1 is 1.29 bits per heavy atom. The van der Waals surface area contributed by atoms with Crippen LogP contribution in [0.2, 0.25) is 0 Å². The fraction of sp³-hybridized carbons (Fsp3) is 0.786. The fourth-order valence-electron chi connectivity index (χ4n) is 3.57. The van der Waals surface area contributed by atoms with E-state index >= 15 is 0 Å². The van der Waals surface area contributed by atoms with Crippen LogP contribution in [0.5, 0.6) is 0 Å². The van der Waals surface area contributed by atoms with E-state index in [0.29, 0.717) is 24.5 Å². The Morgan fingerprint density at radius 3 is 2.38 bits per heavy atom. The molecule has 2 fully saturated rings. The van der Waals surface area contributed by atoms with E-state index < -0.39 is 10.0 Å². The van der Waals surface area contributed by atoms with Gasteiger partial charge in [-0.2, -0.15) is 4.31 Å². The second-order valence-corrected chi connectivity index (χ2v) is 8.69. The van der Waals surface area contributed by atoms with Gasteiger partial charge >= 0.3 is 0 Å². The van der Waals surface area contributed by atoms with E-state index in [1.165, 1.54) is 19.2 Å². The summed E-state index contributed by atoms with van der Waals surface area (Å²) in [7, 11) is 2.62. The van der Waals surface area contributed by atoms with Crippen molar-refractivity contribution in [3.63, 3.8) is 0 Å². The molecule has 0 radical (unpaired) electrons. The predicted octanol–water partition coefficient (Wildman–Crippen LogP) is 0.915. The van der Waals surface area contributed by atoms with E-state index in [0.717, 1.165) is 12.8 Å². The molecule has 6 nitrogen and oxygen atoms in total. The molecule has 1 aliphatic carbocycles. The first-order valence-electron chi connectivity index (χ1n) is 7.47. The number of hydrogen-bond donors (Lipinski definition) is 0. The lowest BCUT2D eigenvalue weighted by Gasteiger charge is -2.53. The van der Waals surface area contributed by atoms with Crippen molar-refractivity contribution in [1.82, 2.24) is 18.8 Å². The summed E-state index contributed by atoms with van der Waals surface area (Å²) in [4.78, 5) is 6.28. The Bertz CT molecular complexity index is 607. The minimum Gasteiger partial charge on any atom is -0.339 e. The molecule has 0 aromatic carbocycles. The number of piperidine rings is 1. The van der Waals surface area contributed by atoms with E-state index in [9.17, 15) is 8.42 Å². The van der Waals surface area contributed by atoms with E-state index in [4.69, 9.17) is 0 Å². The van der Waals surface area contributed by atoms with Gasteiger partial charge in [0.25, 0.3) is 10.0 Å². The van der Waals surface area contributed by atoms with Crippen LogP contribution in [0.15, 0.2) is 17.6 Å². The molecule has 0 N–H and O–H groups in total. The quantitative estimate of drug-likeness (QED) is 0.832. The number of sulfonamides is 1. The smallest absolute Gasteiger partial charge is 0.262 e. The standard InChI is InChI=1S/C14H24N4O2S/c1-16(2)12-8-14(9-12)4-6-18(7-5-14)21(19,20)13-10-17(3)11-15-13/h10-12H,4-9H2,1-3H3. The van der Waals surface area contributed by atoms with Crippen molar-refractivity contribution in [3.8, 4) is 0 Å². The summed E-state index contributed by atoms with van der Waals surface area (Å²) < 4.78 is 28.3. The van der Waals surface area contributed by atoms with Crippen LogP contribution in [-0.2, 0) is 17.1 Å². The minimum absolute atomic E-state index is 0.167. The SMILES string of the molecule is CN(C)C1CC2(CCN(S(=O)(=O)c3cn(C)cn3)CC2)C1. The third-order valence-electron chi connectivity index (χ3n) is 5.14. The molecule has 0 atom stereocenters. The number of hydrogen-bond acceptors (Lipinski definition) is 4. The molecule has 1 saturated heterocycles. The summed E-state index contributed by atoms with van der Waals surface area (Å²) in [6, 6.07) is 0.670. The van der Waals surface area contributed by atoms with E-state index in [-0.39, 0.29) is 5.03 Å². The molecular formula is C14H24N4O2S. The normalized spacial score (nSPS) is 23.6. The van der Waals surface area contributed by atoms with Gasteiger partial charge in [-0.05, 0) is 45.2 Å². The molecule has 1 aliphatic heterocycles. The molecule has 1 spiro atoms. The van der Waals surface area contributed by atoms with Crippen LogP contribution in [-0.4, -0.2) is 60.4 Å². The summed E-state index contributed by atoms with van der Waals surface area (Å²) in [5.74, 6) is 0. The molecule has 0 amide bonds. The molecule has 21 heavy (non-hydrogen) atoms. The zero-order valence-corrected chi connectivity index (χ0v) is 13.8. The Morgan fingerprint density at radius 2 is 1.90 bits per heavy atom. The van der Waals surface area contributed by atoms with E-state index in [1.807, 2.05) is 0 Å². The summed E-state index contributed by atoms with van der Waals surface area (Å²) in [5.41, 5.74) is 0.380. The lowest BCUT2D eigenvalue weighted by atomic mass is 9.60. The van der Waals surface area contributed by atoms with Crippen molar-refractivity contribution in [2.45, 2.75) is 36.8 Å². The highest BCUT2D eigenvalue weighted by Gasteiger charge is 2.48. The van der Waals surface area contributed by atoms with E-state index in [2.05, 4.69) is 24.0 Å². The first-order chi connectivity index (χ1) is 9.82. The molecule has 7 heteroatoms. The van der Waals surface area contributed by atoms with Crippen molar-refractivity contribution in [2.75, 3.05) is 27.2 Å². The molecule has 3 rings (SSSR count). The predicted molar refractivity (Wildman–Crippen MR) is 80.3 cm³/mol. The summed E-state index contributed by atoms with van der Waals surface area (Å²) >= 11 is 0. The van der Waals surface area contributed by atoms with Gasteiger partial charge in [-0.3, -0.25) is 0 Å². The first-order valence-corrected chi connectivity index (χ1v) is 8.91. The van der Waals surface area contributed by atoms with Gasteiger partial charge in [0.1, 0.15) is 0 Å². The van der Waals surface area contributed by atoms with Crippen LogP contribution >= 0.6 is 0 Å². The summed E-state index contributed by atoms with van der Waals surface area (Å²) in [5, 5.41) is 0.167. The lowest BCUT2D eigenvalue weighted by Crippen LogP contribution is -2.54. The zero-order valence-electron chi connectivity index (χ0n) is 13.0. The highest BCUT2D eigenvalue weighted by Crippen LogP contribution is 2.50. The Labute approximate surface area is 126 Å². The first kappa shape index (κ1) is 15.0. The molecule has 2 heterocycles. The number of imidazole rings is 1. The van der Waals surface area contributed by atoms with Crippen LogP contribution in [0.4, 0.5) is 0 Å². The van der Waals surface area contributed by atoms with Crippen LogP contribution in [0, 0.1) is 5.41 Å². The van der Waals surface area contributed by atoms with Crippen molar-refractivity contribution >= 4 is 10.0 Å². The lowest BCUT2D eigenvalue weighted by molar-refractivity contribution is -0.0132. The zero-order chi connectivity index (χ0) is 15.3. The second-order valence-electron chi connectivity index (χ2n) is 6.81. The topological polar surface area (TPSA) is 58.4 Å². The molecule has 0 unspecified atom stereocenters. The van der Waals surface area contributed by atoms with Gasteiger partial charge in [-0.15, -0.1) is 0 Å². The Balaban J connectivity index is 1.64. The maximum atomic E-state index is 12.5. The average molecular weight is 312 g/mol. The number of nitrogens with zero attached hydrogens (tertiary/aromatic N) is 4. The summed E-state index contributed by atoms with van der Waals surface area (Å²) in [6.07, 6.45) is 7.47. The van der Waals surface area contributed by atoms with Gasteiger partial charge in [-0.1, -0.05) is 0 Å². The van der Waals surface area contributed by atoms with Crippen LogP contribution in [0.1, 0.15) is 25.7 Å². The number of aryl methyl sites for hydroxylation is 1. The van der Waals surface area contributed by atoms with Gasteiger partial charge in [0, 0.05) is 32.4 Å². The molecule has 1 saturated carbocycles. The van der Waals surface area contributed by atoms with Gasteiger partial charge < -0.3 is 9.47 Å². The molecule has 1 aromatic heterocycles. The van der Waals surface area contributed by atoms with Gasteiger partial charge in [-0.25, -0.2) is 13.4 Å². The monoisotopic (exact) mass is 312 g/mol. The highest BCUT2D eigenvalue weighted by atomic mass is 32.2. The third kappa shape index (κ3) is 2.62. The van der Waals surface area contributed by atoms with Crippen molar-refractivity contribution < 1.29 is 8.42 Å². The summed E-state index contributed by atoms with van der Waals surface area (Å²) in [6.45, 7) is 1.25. The number of rotatable bonds is 3. The van der Waals surface area contributed by atoms with E-state index in [1.54, 1.807) is 22.1 Å². The molecule has 0 bridgehead atoms. The second kappa shape index (κ2) is 5.07. The molecular weight excluding hydrogens is 288 g/mol. The third-order valence-corrected chi connectivity index (χ3v) is 6.92. The largest absolute Gasteiger partial charge is 0.339 e. The Kier molecular flexibility index (Phi) is 3.62.